The number of anilines is 1. The van der Waals surface area contributed by atoms with Crippen molar-refractivity contribution in [1.82, 2.24) is 0 Å². The second-order valence-electron chi connectivity index (χ2n) is 6.47. The number of nitrogen functional groups attached to an aromatic ring is 1. The molecule has 0 aliphatic rings. The Hall–Kier alpha value is -3.10. The normalized spacial score (nSPS) is 11.2. The van der Waals surface area contributed by atoms with Gasteiger partial charge in [-0.2, -0.15) is 0 Å². The van der Waals surface area contributed by atoms with Gasteiger partial charge in [0.2, 0.25) is 0 Å². The second kappa shape index (κ2) is 7.02. The fourth-order valence-electron chi connectivity index (χ4n) is 3.84. The predicted octanol–water partition coefficient (Wildman–Crippen LogP) is 2.65. The zero-order chi connectivity index (χ0) is 17.8. The van der Waals surface area contributed by atoms with Crippen molar-refractivity contribution < 1.29 is 0 Å². The average Bonchev–Trinajstić information content (AvgIpc) is 2.71. The van der Waals surface area contributed by atoms with Gasteiger partial charge in [-0.05, 0) is 32.9 Å². The van der Waals surface area contributed by atoms with Gasteiger partial charge in [-0.3, -0.25) is 0 Å². The first-order valence-corrected chi connectivity index (χ1v) is 10.8. The number of benzene rings is 4. The highest BCUT2D eigenvalue weighted by molar-refractivity contribution is 7.19. The molecule has 0 aromatic heterocycles. The van der Waals surface area contributed by atoms with E-state index in [2.05, 4.69) is 109 Å². The third kappa shape index (κ3) is 2.75. The molecule has 0 heterocycles. The van der Waals surface area contributed by atoms with Crippen LogP contribution in [0.2, 0.25) is 0 Å². The lowest BCUT2D eigenvalue weighted by Gasteiger charge is -2.34. The molecule has 26 heavy (non-hydrogen) atoms. The van der Waals surface area contributed by atoms with Crippen LogP contribution in [0.15, 0.2) is 115 Å². The molecule has 0 aliphatic heterocycles. The van der Waals surface area contributed by atoms with Crippen molar-refractivity contribution in [1.29, 1.82) is 0 Å². The summed E-state index contributed by atoms with van der Waals surface area (Å²) in [5.74, 6) is 0. The van der Waals surface area contributed by atoms with E-state index >= 15 is 0 Å². The van der Waals surface area contributed by atoms with E-state index in [0.717, 1.165) is 5.69 Å². The SMILES string of the molecule is Nc1cccc([Si](c2ccccc2)(c2ccccc2)c2ccccc2)c1. The molecule has 126 valence electrons. The Kier molecular flexibility index (Phi) is 4.42. The second-order valence-corrected chi connectivity index (χ2v) is 10.3. The van der Waals surface area contributed by atoms with Crippen LogP contribution in [0.5, 0.6) is 0 Å². The standard InChI is InChI=1S/C24H21NSi/c25-20-11-10-18-24(19-20)26(21-12-4-1-5-13-21,22-14-6-2-7-15-22)23-16-8-3-9-17-23/h1-19H,25H2. The summed E-state index contributed by atoms with van der Waals surface area (Å²) in [4.78, 5) is 0. The van der Waals surface area contributed by atoms with Gasteiger partial charge >= 0.3 is 0 Å². The highest BCUT2D eigenvalue weighted by Gasteiger charge is 2.41. The molecule has 0 radical (unpaired) electrons. The van der Waals surface area contributed by atoms with Crippen LogP contribution < -0.4 is 26.5 Å². The Morgan fingerprint density at radius 3 is 1.19 bits per heavy atom. The third-order valence-corrected chi connectivity index (χ3v) is 9.72. The summed E-state index contributed by atoms with van der Waals surface area (Å²) in [6, 6.07) is 41.0. The summed E-state index contributed by atoms with van der Waals surface area (Å²) in [5, 5.41) is 5.40. The van der Waals surface area contributed by atoms with Crippen molar-refractivity contribution in [3.05, 3.63) is 115 Å². The van der Waals surface area contributed by atoms with Crippen LogP contribution in [0.25, 0.3) is 0 Å². The minimum Gasteiger partial charge on any atom is -0.399 e. The van der Waals surface area contributed by atoms with E-state index in [0.29, 0.717) is 0 Å². The molecule has 0 aliphatic carbocycles. The zero-order valence-electron chi connectivity index (χ0n) is 14.5. The van der Waals surface area contributed by atoms with E-state index in [1.807, 2.05) is 6.07 Å². The fraction of sp³-hybridized carbons (Fsp3) is 0. The van der Waals surface area contributed by atoms with E-state index in [1.165, 1.54) is 20.7 Å². The Balaban J connectivity index is 2.14. The molecule has 0 fully saturated rings. The first-order valence-electron chi connectivity index (χ1n) is 8.84. The van der Waals surface area contributed by atoms with E-state index < -0.39 is 8.07 Å². The minimum atomic E-state index is -2.41. The van der Waals surface area contributed by atoms with Crippen molar-refractivity contribution in [2.24, 2.45) is 0 Å². The molecular weight excluding hydrogens is 330 g/mol. The molecule has 0 bridgehead atoms. The number of hydrogen-bond acceptors (Lipinski definition) is 1. The van der Waals surface area contributed by atoms with Gasteiger partial charge in [0.25, 0.3) is 0 Å². The molecule has 0 spiro atoms. The van der Waals surface area contributed by atoms with Crippen LogP contribution in [0, 0.1) is 0 Å². The Morgan fingerprint density at radius 2 is 0.808 bits per heavy atom. The predicted molar refractivity (Wildman–Crippen MR) is 114 cm³/mol. The molecule has 4 aromatic carbocycles. The molecular formula is C24H21NSi. The van der Waals surface area contributed by atoms with Gasteiger partial charge in [-0.25, -0.2) is 0 Å². The topological polar surface area (TPSA) is 26.0 Å². The quantitative estimate of drug-likeness (QED) is 0.341. The van der Waals surface area contributed by atoms with Crippen molar-refractivity contribution in [3.8, 4) is 0 Å². The highest BCUT2D eigenvalue weighted by atomic mass is 28.3. The van der Waals surface area contributed by atoms with Gasteiger partial charge in [0.15, 0.2) is 8.07 Å². The lowest BCUT2D eigenvalue weighted by atomic mass is 10.3. The van der Waals surface area contributed by atoms with E-state index in [1.54, 1.807) is 0 Å². The first kappa shape index (κ1) is 16.4. The molecule has 1 nitrogen and oxygen atoms in total. The van der Waals surface area contributed by atoms with Gasteiger partial charge in [-0.1, -0.05) is 103 Å². The first-order chi connectivity index (χ1) is 12.8. The Labute approximate surface area is 155 Å². The van der Waals surface area contributed by atoms with Crippen molar-refractivity contribution in [3.63, 3.8) is 0 Å². The average molecular weight is 352 g/mol. The van der Waals surface area contributed by atoms with Crippen LogP contribution in [-0.4, -0.2) is 8.07 Å². The molecule has 2 heteroatoms. The molecule has 0 unspecified atom stereocenters. The molecule has 4 aromatic rings. The van der Waals surface area contributed by atoms with E-state index in [4.69, 9.17) is 5.73 Å². The molecule has 0 amide bonds. The minimum absolute atomic E-state index is 0.808. The zero-order valence-corrected chi connectivity index (χ0v) is 15.5. The molecule has 0 saturated carbocycles. The van der Waals surface area contributed by atoms with Crippen LogP contribution in [0.4, 0.5) is 5.69 Å². The maximum atomic E-state index is 6.21. The van der Waals surface area contributed by atoms with Crippen LogP contribution >= 0.6 is 0 Å². The summed E-state index contributed by atoms with van der Waals surface area (Å²) in [5.41, 5.74) is 7.02. The molecule has 4 rings (SSSR count). The van der Waals surface area contributed by atoms with Crippen molar-refractivity contribution in [2.75, 3.05) is 5.73 Å². The van der Waals surface area contributed by atoms with Gasteiger partial charge < -0.3 is 5.73 Å². The van der Waals surface area contributed by atoms with Gasteiger partial charge in [0.1, 0.15) is 0 Å². The Morgan fingerprint density at radius 1 is 0.423 bits per heavy atom. The number of nitrogens with two attached hydrogens (primary N) is 1. The smallest absolute Gasteiger partial charge is 0.179 e. The van der Waals surface area contributed by atoms with Gasteiger partial charge in [0.05, 0.1) is 0 Å². The molecule has 0 atom stereocenters. The Bertz CT molecular complexity index is 885. The summed E-state index contributed by atoms with van der Waals surface area (Å²) in [7, 11) is -2.41. The van der Waals surface area contributed by atoms with Crippen molar-refractivity contribution >= 4 is 34.5 Å². The largest absolute Gasteiger partial charge is 0.399 e. The number of rotatable bonds is 4. The maximum absolute atomic E-state index is 6.21. The van der Waals surface area contributed by atoms with E-state index in [9.17, 15) is 0 Å². The summed E-state index contributed by atoms with van der Waals surface area (Å²) >= 11 is 0. The van der Waals surface area contributed by atoms with Crippen LogP contribution in [-0.2, 0) is 0 Å². The monoisotopic (exact) mass is 351 g/mol. The maximum Gasteiger partial charge on any atom is 0.179 e. The van der Waals surface area contributed by atoms with E-state index in [-0.39, 0.29) is 0 Å². The fourth-order valence-corrected chi connectivity index (χ4v) is 8.64. The summed E-state index contributed by atoms with van der Waals surface area (Å²) in [6.45, 7) is 0. The van der Waals surface area contributed by atoms with Crippen molar-refractivity contribution in [2.45, 2.75) is 0 Å². The molecule has 2 N–H and O–H groups in total. The summed E-state index contributed by atoms with van der Waals surface area (Å²) < 4.78 is 0. The van der Waals surface area contributed by atoms with Gasteiger partial charge in [0, 0.05) is 5.69 Å². The van der Waals surface area contributed by atoms with Crippen LogP contribution in [0.1, 0.15) is 0 Å². The third-order valence-electron chi connectivity index (χ3n) is 4.94. The lowest BCUT2D eigenvalue weighted by Crippen LogP contribution is -2.74. The highest BCUT2D eigenvalue weighted by Crippen LogP contribution is 2.11. The summed E-state index contributed by atoms with van der Waals surface area (Å²) in [6.07, 6.45) is 0. The lowest BCUT2D eigenvalue weighted by molar-refractivity contribution is 1.66. The van der Waals surface area contributed by atoms with Gasteiger partial charge in [-0.15, -0.1) is 0 Å². The molecule has 0 saturated heterocycles. The number of hydrogen-bond donors (Lipinski definition) is 1. The van der Waals surface area contributed by atoms with Crippen LogP contribution in [0.3, 0.4) is 0 Å².